The van der Waals surface area contributed by atoms with Gasteiger partial charge in [0.25, 0.3) is 0 Å². The van der Waals surface area contributed by atoms with Crippen LogP contribution in [0.1, 0.15) is 29.5 Å². The van der Waals surface area contributed by atoms with E-state index < -0.39 is 0 Å². The molecule has 1 aliphatic rings. The third-order valence-corrected chi connectivity index (χ3v) is 5.89. The van der Waals surface area contributed by atoms with Crippen molar-refractivity contribution in [2.24, 2.45) is 0 Å². The molecule has 0 amide bonds. The summed E-state index contributed by atoms with van der Waals surface area (Å²) in [5, 5.41) is 0.861. The molecule has 2 aromatic rings. The second kappa shape index (κ2) is 4.92. The van der Waals surface area contributed by atoms with Crippen LogP contribution in [0.5, 0.6) is 0 Å². The number of thioether (sulfide) groups is 1. The quantitative estimate of drug-likeness (QED) is 0.579. The number of halogens is 2. The van der Waals surface area contributed by atoms with Gasteiger partial charge < -0.3 is 0 Å². The minimum Gasteiger partial charge on any atom is -0.121 e. The summed E-state index contributed by atoms with van der Waals surface area (Å²) in [4.78, 5) is 1.37. The van der Waals surface area contributed by atoms with Crippen molar-refractivity contribution in [2.45, 2.75) is 23.5 Å². The highest BCUT2D eigenvalue weighted by Crippen LogP contribution is 2.44. The van der Waals surface area contributed by atoms with Crippen LogP contribution in [0.2, 0.25) is 5.02 Å². The van der Waals surface area contributed by atoms with Gasteiger partial charge in [0.05, 0.1) is 5.02 Å². The minimum atomic E-state index is 0.400. The summed E-state index contributed by atoms with van der Waals surface area (Å²) in [5.74, 6) is 1.34. The average Bonchev–Trinajstić information content (AvgIpc) is 2.53. The third kappa shape index (κ3) is 2.01. The topological polar surface area (TPSA) is 0 Å². The minimum absolute atomic E-state index is 0.400. The van der Waals surface area contributed by atoms with Gasteiger partial charge in [-0.2, -0.15) is 0 Å². The lowest BCUT2D eigenvalue weighted by atomic mass is 9.90. The van der Waals surface area contributed by atoms with Crippen molar-refractivity contribution < 1.29 is 0 Å². The average molecular weight is 340 g/mol. The van der Waals surface area contributed by atoms with Crippen LogP contribution in [0, 0.1) is 0 Å². The maximum Gasteiger partial charge on any atom is 0.0591 e. The molecular weight excluding hydrogens is 328 g/mol. The van der Waals surface area contributed by atoms with Crippen molar-refractivity contribution in [1.29, 1.82) is 0 Å². The van der Waals surface area contributed by atoms with Gasteiger partial charge in [0.15, 0.2) is 0 Å². The summed E-state index contributed by atoms with van der Waals surface area (Å²) in [7, 11) is 0. The van der Waals surface area contributed by atoms with Crippen molar-refractivity contribution in [1.82, 2.24) is 0 Å². The SMILES string of the molecule is CC1c2ccccc2SCc2c1ccc(Br)c2Cl. The predicted molar refractivity (Wildman–Crippen MR) is 82.7 cm³/mol. The molecule has 3 heteroatoms. The fraction of sp³-hybridized carbons (Fsp3) is 0.200. The Morgan fingerprint density at radius 2 is 1.94 bits per heavy atom. The van der Waals surface area contributed by atoms with Gasteiger partial charge in [-0.3, -0.25) is 0 Å². The molecule has 0 bridgehead atoms. The Bertz CT molecular complexity index is 609. The van der Waals surface area contributed by atoms with Crippen LogP contribution >= 0.6 is 39.3 Å². The Balaban J connectivity index is 2.21. The van der Waals surface area contributed by atoms with Gasteiger partial charge in [-0.25, -0.2) is 0 Å². The van der Waals surface area contributed by atoms with E-state index in [1.165, 1.54) is 21.6 Å². The number of hydrogen-bond acceptors (Lipinski definition) is 1. The number of rotatable bonds is 0. The number of fused-ring (bicyclic) bond motifs is 2. The van der Waals surface area contributed by atoms with Crippen molar-refractivity contribution in [3.05, 3.63) is 62.6 Å². The molecule has 0 radical (unpaired) electrons. The smallest absolute Gasteiger partial charge is 0.0591 e. The second-order valence-electron chi connectivity index (χ2n) is 4.48. The summed E-state index contributed by atoms with van der Waals surface area (Å²) in [6.45, 7) is 2.26. The molecule has 0 aromatic heterocycles. The van der Waals surface area contributed by atoms with Crippen LogP contribution in [0.25, 0.3) is 0 Å². The van der Waals surface area contributed by atoms with E-state index >= 15 is 0 Å². The zero-order valence-corrected chi connectivity index (χ0v) is 13.1. The molecular formula is C15H12BrClS. The zero-order chi connectivity index (χ0) is 12.7. The molecule has 0 nitrogen and oxygen atoms in total. The number of hydrogen-bond donors (Lipinski definition) is 0. The van der Waals surface area contributed by atoms with Crippen molar-refractivity contribution in [2.75, 3.05) is 0 Å². The molecule has 3 rings (SSSR count). The van der Waals surface area contributed by atoms with E-state index in [1.54, 1.807) is 0 Å². The first kappa shape index (κ1) is 12.6. The Morgan fingerprint density at radius 1 is 1.17 bits per heavy atom. The van der Waals surface area contributed by atoms with E-state index in [0.717, 1.165) is 15.2 Å². The van der Waals surface area contributed by atoms with E-state index in [0.29, 0.717) is 5.92 Å². The van der Waals surface area contributed by atoms with Gasteiger partial charge in [-0.1, -0.05) is 42.8 Å². The molecule has 1 unspecified atom stereocenters. The lowest BCUT2D eigenvalue weighted by Gasteiger charge is -2.16. The van der Waals surface area contributed by atoms with Gasteiger partial charge in [-0.05, 0) is 44.8 Å². The Hall–Kier alpha value is -0.440. The monoisotopic (exact) mass is 338 g/mol. The molecule has 0 fully saturated rings. The summed E-state index contributed by atoms with van der Waals surface area (Å²) < 4.78 is 0.988. The van der Waals surface area contributed by atoms with E-state index in [1.807, 2.05) is 11.8 Å². The lowest BCUT2D eigenvalue weighted by Crippen LogP contribution is -1.99. The van der Waals surface area contributed by atoms with Gasteiger partial charge >= 0.3 is 0 Å². The van der Waals surface area contributed by atoms with Gasteiger partial charge in [0.1, 0.15) is 0 Å². The Morgan fingerprint density at radius 3 is 2.78 bits per heavy atom. The summed E-state index contributed by atoms with van der Waals surface area (Å²) >= 11 is 11.8. The molecule has 0 aliphatic carbocycles. The first-order valence-electron chi connectivity index (χ1n) is 5.87. The Labute approximate surface area is 125 Å². The van der Waals surface area contributed by atoms with Crippen LogP contribution in [0.15, 0.2) is 45.8 Å². The molecule has 1 aliphatic heterocycles. The first-order valence-corrected chi connectivity index (χ1v) is 8.02. The highest BCUT2D eigenvalue weighted by Gasteiger charge is 2.22. The van der Waals surface area contributed by atoms with Crippen LogP contribution < -0.4 is 0 Å². The van der Waals surface area contributed by atoms with E-state index in [9.17, 15) is 0 Å². The zero-order valence-electron chi connectivity index (χ0n) is 9.91. The predicted octanol–water partition coefficient (Wildman–Crippen LogP) is 5.86. The molecule has 2 aromatic carbocycles. The van der Waals surface area contributed by atoms with Gasteiger partial charge in [0, 0.05) is 21.0 Å². The normalized spacial score (nSPS) is 17.8. The summed E-state index contributed by atoms with van der Waals surface area (Å²) in [6.07, 6.45) is 0. The molecule has 92 valence electrons. The maximum atomic E-state index is 6.43. The lowest BCUT2D eigenvalue weighted by molar-refractivity contribution is 0.890. The first-order chi connectivity index (χ1) is 8.68. The van der Waals surface area contributed by atoms with Crippen LogP contribution in [-0.4, -0.2) is 0 Å². The largest absolute Gasteiger partial charge is 0.121 e. The highest BCUT2D eigenvalue weighted by molar-refractivity contribution is 9.10. The third-order valence-electron chi connectivity index (χ3n) is 3.46. The van der Waals surface area contributed by atoms with Gasteiger partial charge in [0.2, 0.25) is 0 Å². The Kier molecular flexibility index (Phi) is 3.44. The molecule has 1 heterocycles. The van der Waals surface area contributed by atoms with Crippen molar-refractivity contribution in [3.8, 4) is 0 Å². The summed E-state index contributed by atoms with van der Waals surface area (Å²) in [5.41, 5.74) is 4.01. The molecule has 0 spiro atoms. The van der Waals surface area contributed by atoms with E-state index in [-0.39, 0.29) is 0 Å². The highest BCUT2D eigenvalue weighted by atomic mass is 79.9. The van der Waals surface area contributed by atoms with Gasteiger partial charge in [-0.15, -0.1) is 11.8 Å². The molecule has 0 saturated heterocycles. The fourth-order valence-corrected chi connectivity index (χ4v) is 4.33. The van der Waals surface area contributed by atoms with Crippen molar-refractivity contribution >= 4 is 39.3 Å². The standard InChI is InChI=1S/C15H12BrClS/c1-9-10-6-7-13(16)15(17)12(10)8-18-14-5-3-2-4-11(9)14/h2-7,9H,8H2,1H3. The van der Waals surface area contributed by atoms with E-state index in [2.05, 4.69) is 59.3 Å². The number of benzene rings is 2. The fourth-order valence-electron chi connectivity index (χ4n) is 2.45. The van der Waals surface area contributed by atoms with Crippen molar-refractivity contribution in [3.63, 3.8) is 0 Å². The van der Waals surface area contributed by atoms with Crippen LogP contribution in [-0.2, 0) is 5.75 Å². The van der Waals surface area contributed by atoms with Crippen LogP contribution in [0.3, 0.4) is 0 Å². The molecule has 0 saturated carbocycles. The molecule has 1 atom stereocenters. The molecule has 0 N–H and O–H groups in total. The second-order valence-corrected chi connectivity index (χ2v) is 6.73. The summed E-state index contributed by atoms with van der Waals surface area (Å²) in [6, 6.07) is 12.9. The van der Waals surface area contributed by atoms with Crippen LogP contribution in [0.4, 0.5) is 0 Å². The maximum absolute atomic E-state index is 6.43. The molecule has 18 heavy (non-hydrogen) atoms. The van der Waals surface area contributed by atoms with E-state index in [4.69, 9.17) is 11.6 Å².